The maximum absolute atomic E-state index is 7.01. The van der Waals surface area contributed by atoms with Gasteiger partial charge in [-0.15, -0.1) is 4.98 Å². The van der Waals surface area contributed by atoms with Crippen molar-refractivity contribution in [3.63, 3.8) is 0 Å². The Kier molecular flexibility index (Phi) is 2.54. The molecule has 0 bridgehead atoms. The minimum Gasteiger partial charge on any atom is -0.489 e. The first kappa shape index (κ1) is 10.5. The number of rotatable bonds is 1. The molecule has 18 heavy (non-hydrogen) atoms. The van der Waals surface area contributed by atoms with Crippen LogP contribution in [0.4, 0.5) is 5.82 Å². The van der Waals surface area contributed by atoms with Crippen LogP contribution >= 0.6 is 0 Å². The molecule has 2 aromatic heterocycles. The third kappa shape index (κ3) is 1.84. The summed E-state index contributed by atoms with van der Waals surface area (Å²) in [4.78, 5) is 14.7. The highest BCUT2D eigenvalue weighted by molar-refractivity contribution is 5.82. The molecule has 0 aromatic carbocycles. The van der Waals surface area contributed by atoms with E-state index >= 15 is 0 Å². The van der Waals surface area contributed by atoms with Crippen LogP contribution in [-0.4, -0.2) is 21.6 Å². The van der Waals surface area contributed by atoms with Crippen LogP contribution in [-0.2, 0) is 0 Å². The van der Waals surface area contributed by atoms with Gasteiger partial charge in [-0.1, -0.05) is 6.57 Å². The molecular weight excluding hydrogens is 228 g/mol. The van der Waals surface area contributed by atoms with E-state index in [0.29, 0.717) is 12.4 Å². The third-order valence-electron chi connectivity index (χ3n) is 2.73. The summed E-state index contributed by atoms with van der Waals surface area (Å²) in [5, 5.41) is 0. The van der Waals surface area contributed by atoms with E-state index in [1.165, 1.54) is 0 Å². The second kappa shape index (κ2) is 4.34. The van der Waals surface area contributed by atoms with Crippen LogP contribution in [0, 0.1) is 6.57 Å². The Bertz CT molecular complexity index is 638. The standard InChI is InChI=1S/C13H10N4O/c1-14-12-3-2-11-13(17-12)9(4-5-18-11)6-10-7-15-8-16-10/h2-3,6-8H,4-5H2,(H,15,16)/b9-6+. The maximum atomic E-state index is 7.01. The Morgan fingerprint density at radius 1 is 1.44 bits per heavy atom. The second-order valence-electron chi connectivity index (χ2n) is 3.89. The number of fused-ring (bicyclic) bond motifs is 1. The van der Waals surface area contributed by atoms with Gasteiger partial charge in [-0.2, -0.15) is 0 Å². The zero-order valence-electron chi connectivity index (χ0n) is 9.55. The van der Waals surface area contributed by atoms with Crippen molar-refractivity contribution in [2.75, 3.05) is 6.61 Å². The molecule has 0 spiro atoms. The SMILES string of the molecule is [C-]#[N+]c1ccc2c(n1)/C(=C/c1c[nH]cn1)CCO2. The minimum absolute atomic E-state index is 0.382. The topological polar surface area (TPSA) is 55.2 Å². The monoisotopic (exact) mass is 238 g/mol. The lowest BCUT2D eigenvalue weighted by Gasteiger charge is -2.16. The fraction of sp³-hybridized carbons (Fsp3) is 0.154. The second-order valence-corrected chi connectivity index (χ2v) is 3.89. The minimum atomic E-state index is 0.382. The Labute approximate surface area is 104 Å². The van der Waals surface area contributed by atoms with Crippen LogP contribution in [0.3, 0.4) is 0 Å². The van der Waals surface area contributed by atoms with Crippen molar-refractivity contribution in [1.82, 2.24) is 15.0 Å². The number of pyridine rings is 1. The average Bonchev–Trinajstić information content (AvgIpc) is 2.91. The van der Waals surface area contributed by atoms with Gasteiger partial charge < -0.3 is 14.6 Å². The highest BCUT2D eigenvalue weighted by atomic mass is 16.5. The van der Waals surface area contributed by atoms with E-state index < -0.39 is 0 Å². The molecule has 88 valence electrons. The lowest BCUT2D eigenvalue weighted by molar-refractivity contribution is 0.314. The first-order chi connectivity index (χ1) is 8.86. The van der Waals surface area contributed by atoms with Gasteiger partial charge in [-0.25, -0.2) is 4.98 Å². The molecule has 3 rings (SSSR count). The zero-order chi connectivity index (χ0) is 12.4. The first-order valence-corrected chi connectivity index (χ1v) is 5.58. The zero-order valence-corrected chi connectivity index (χ0v) is 9.55. The molecular formula is C13H10N4O. The van der Waals surface area contributed by atoms with E-state index in [2.05, 4.69) is 19.8 Å². The van der Waals surface area contributed by atoms with Gasteiger partial charge in [0.1, 0.15) is 0 Å². The highest BCUT2D eigenvalue weighted by Crippen LogP contribution is 2.33. The predicted octanol–water partition coefficient (Wildman–Crippen LogP) is 2.68. The number of nitrogens with zero attached hydrogens (tertiary/aromatic N) is 3. The first-order valence-electron chi connectivity index (χ1n) is 5.58. The van der Waals surface area contributed by atoms with Gasteiger partial charge >= 0.3 is 0 Å². The van der Waals surface area contributed by atoms with E-state index in [1.807, 2.05) is 12.3 Å². The summed E-state index contributed by atoms with van der Waals surface area (Å²) in [6, 6.07) is 3.47. The number of imidazole rings is 1. The van der Waals surface area contributed by atoms with Crippen molar-refractivity contribution < 1.29 is 4.74 Å². The fourth-order valence-corrected chi connectivity index (χ4v) is 1.90. The molecule has 2 aromatic rings. The van der Waals surface area contributed by atoms with Crippen molar-refractivity contribution >= 4 is 17.5 Å². The Morgan fingerprint density at radius 3 is 3.17 bits per heavy atom. The summed E-state index contributed by atoms with van der Waals surface area (Å²) in [6.07, 6.45) is 6.20. The lowest BCUT2D eigenvalue weighted by Crippen LogP contribution is -2.09. The molecule has 1 aliphatic heterocycles. The molecule has 0 saturated carbocycles. The van der Waals surface area contributed by atoms with Gasteiger partial charge in [0.15, 0.2) is 11.4 Å². The van der Waals surface area contributed by atoms with Crippen molar-refractivity contribution in [2.24, 2.45) is 0 Å². The molecule has 0 aliphatic carbocycles. The molecule has 0 amide bonds. The number of ether oxygens (including phenoxy) is 1. The predicted molar refractivity (Wildman–Crippen MR) is 67.1 cm³/mol. The molecule has 0 saturated heterocycles. The van der Waals surface area contributed by atoms with Crippen LogP contribution in [0.1, 0.15) is 17.8 Å². The molecule has 5 heteroatoms. The summed E-state index contributed by atoms with van der Waals surface area (Å²) in [5.74, 6) is 1.11. The van der Waals surface area contributed by atoms with Crippen molar-refractivity contribution in [3.8, 4) is 5.75 Å². The van der Waals surface area contributed by atoms with Gasteiger partial charge in [0, 0.05) is 18.2 Å². The van der Waals surface area contributed by atoms with E-state index in [0.717, 1.165) is 29.1 Å². The van der Waals surface area contributed by atoms with Crippen LogP contribution in [0.2, 0.25) is 0 Å². The summed E-state index contributed by atoms with van der Waals surface area (Å²) in [6.45, 7) is 7.64. The fourth-order valence-electron chi connectivity index (χ4n) is 1.90. The molecule has 0 fully saturated rings. The van der Waals surface area contributed by atoms with Crippen molar-refractivity contribution in [1.29, 1.82) is 0 Å². The molecule has 0 radical (unpaired) electrons. The van der Waals surface area contributed by atoms with Gasteiger partial charge in [-0.05, 0) is 18.2 Å². The molecule has 3 heterocycles. The van der Waals surface area contributed by atoms with Crippen LogP contribution in [0.25, 0.3) is 16.5 Å². The molecule has 1 N–H and O–H groups in total. The average molecular weight is 238 g/mol. The van der Waals surface area contributed by atoms with E-state index in [1.54, 1.807) is 18.5 Å². The Balaban J connectivity index is 2.08. The summed E-state index contributed by atoms with van der Waals surface area (Å²) in [5.41, 5.74) is 2.65. The van der Waals surface area contributed by atoms with Gasteiger partial charge in [0.25, 0.3) is 5.82 Å². The van der Waals surface area contributed by atoms with E-state index in [9.17, 15) is 0 Å². The summed E-state index contributed by atoms with van der Waals surface area (Å²) in [7, 11) is 0. The van der Waals surface area contributed by atoms with Crippen molar-refractivity contribution in [3.05, 3.63) is 47.5 Å². The third-order valence-corrected chi connectivity index (χ3v) is 2.73. The van der Waals surface area contributed by atoms with E-state index in [4.69, 9.17) is 11.3 Å². The van der Waals surface area contributed by atoms with Gasteiger partial charge in [0.2, 0.25) is 0 Å². The number of H-pyrrole nitrogens is 1. The summed E-state index contributed by atoms with van der Waals surface area (Å²) >= 11 is 0. The number of hydrogen-bond donors (Lipinski definition) is 1. The highest BCUT2D eigenvalue weighted by Gasteiger charge is 2.21. The van der Waals surface area contributed by atoms with Crippen LogP contribution in [0.5, 0.6) is 5.75 Å². The van der Waals surface area contributed by atoms with E-state index in [-0.39, 0.29) is 0 Å². The molecule has 5 nitrogen and oxygen atoms in total. The summed E-state index contributed by atoms with van der Waals surface area (Å²) < 4.78 is 5.54. The molecule has 0 atom stereocenters. The smallest absolute Gasteiger partial charge is 0.270 e. The molecule has 1 aliphatic rings. The number of nitrogens with one attached hydrogen (secondary N) is 1. The molecule has 0 unspecified atom stereocenters. The number of aromatic nitrogens is 3. The number of hydrogen-bond acceptors (Lipinski definition) is 3. The Morgan fingerprint density at radius 2 is 2.39 bits per heavy atom. The van der Waals surface area contributed by atoms with Gasteiger partial charge in [0.05, 0.1) is 18.6 Å². The van der Waals surface area contributed by atoms with Crippen molar-refractivity contribution in [2.45, 2.75) is 6.42 Å². The quantitative estimate of drug-likeness (QED) is 0.777. The Hall–Kier alpha value is -2.61. The van der Waals surface area contributed by atoms with Crippen LogP contribution in [0.15, 0.2) is 24.7 Å². The number of aromatic amines is 1. The normalized spacial score (nSPS) is 15.8. The van der Waals surface area contributed by atoms with Gasteiger partial charge in [-0.3, -0.25) is 0 Å². The largest absolute Gasteiger partial charge is 0.489 e. The maximum Gasteiger partial charge on any atom is 0.270 e. The lowest BCUT2D eigenvalue weighted by atomic mass is 10.0. The van der Waals surface area contributed by atoms with Crippen LogP contribution < -0.4 is 4.74 Å².